The Morgan fingerprint density at radius 3 is 2.58 bits per heavy atom. The molecule has 0 atom stereocenters. The summed E-state index contributed by atoms with van der Waals surface area (Å²) in [7, 11) is 0. The Morgan fingerprint density at radius 2 is 2.04 bits per heavy atom. The van der Waals surface area contributed by atoms with Gasteiger partial charge < -0.3 is 19.9 Å². The van der Waals surface area contributed by atoms with Crippen molar-refractivity contribution in [3.05, 3.63) is 22.4 Å². The number of carbonyl (C=O) groups is 2. The fourth-order valence-corrected chi connectivity index (χ4v) is 3.63. The molecule has 0 spiro atoms. The number of nitrogens with one attached hydrogen (secondary N) is 1. The van der Waals surface area contributed by atoms with Crippen molar-refractivity contribution in [3.63, 3.8) is 0 Å². The molecule has 7 heteroatoms. The number of nitrogens with zero attached hydrogens (tertiary/aromatic N) is 2. The van der Waals surface area contributed by atoms with E-state index in [2.05, 4.69) is 5.32 Å². The molecule has 2 rings (SSSR count). The van der Waals surface area contributed by atoms with E-state index >= 15 is 0 Å². The summed E-state index contributed by atoms with van der Waals surface area (Å²) in [5.41, 5.74) is -0.464. The third kappa shape index (κ3) is 6.52. The zero-order valence-electron chi connectivity index (χ0n) is 16.3. The Bertz CT molecular complexity index is 575. The van der Waals surface area contributed by atoms with Crippen molar-refractivity contribution < 1.29 is 14.3 Å². The molecule has 1 aliphatic rings. The zero-order chi connectivity index (χ0) is 19.2. The molecule has 2 heterocycles. The van der Waals surface area contributed by atoms with Gasteiger partial charge in [0.15, 0.2) is 0 Å². The van der Waals surface area contributed by atoms with Crippen molar-refractivity contribution in [3.8, 4) is 0 Å². The first-order chi connectivity index (χ1) is 12.3. The molecule has 26 heavy (non-hydrogen) atoms. The smallest absolute Gasteiger partial charge is 0.410 e. The van der Waals surface area contributed by atoms with Gasteiger partial charge in [0.05, 0.1) is 6.54 Å². The highest BCUT2D eigenvalue weighted by atomic mass is 32.1. The van der Waals surface area contributed by atoms with Crippen molar-refractivity contribution in [1.29, 1.82) is 0 Å². The predicted octanol–water partition coefficient (Wildman–Crippen LogP) is 3.93. The fourth-order valence-electron chi connectivity index (χ4n) is 2.91. The van der Waals surface area contributed by atoms with Gasteiger partial charge in [-0.3, -0.25) is 0 Å². The Kier molecular flexibility index (Phi) is 7.32. The summed E-state index contributed by atoms with van der Waals surface area (Å²) in [4.78, 5) is 29.3. The van der Waals surface area contributed by atoms with Crippen LogP contribution in [0.1, 0.15) is 45.4 Å². The predicted molar refractivity (Wildman–Crippen MR) is 104 cm³/mol. The van der Waals surface area contributed by atoms with E-state index in [1.165, 1.54) is 4.88 Å². The van der Waals surface area contributed by atoms with Crippen LogP contribution in [-0.4, -0.2) is 53.7 Å². The molecule has 0 radical (unpaired) electrons. The van der Waals surface area contributed by atoms with Gasteiger partial charge in [0.1, 0.15) is 5.60 Å². The van der Waals surface area contributed by atoms with Gasteiger partial charge in [-0.25, -0.2) is 9.59 Å². The molecule has 6 nitrogen and oxygen atoms in total. The minimum atomic E-state index is -0.464. The summed E-state index contributed by atoms with van der Waals surface area (Å²) in [6.45, 7) is 11.0. The number of carbonyl (C=O) groups excluding carboxylic acids is 2. The Hall–Kier alpha value is -1.76. The number of rotatable bonds is 5. The van der Waals surface area contributed by atoms with Gasteiger partial charge in [0, 0.05) is 31.1 Å². The first kappa shape index (κ1) is 20.6. The van der Waals surface area contributed by atoms with E-state index in [-0.39, 0.29) is 12.1 Å². The number of piperidine rings is 1. The molecular weight excluding hydrogens is 350 g/mol. The molecule has 0 unspecified atom stereocenters. The molecule has 0 saturated carbocycles. The van der Waals surface area contributed by atoms with Gasteiger partial charge in [-0.05, 0) is 57.9 Å². The first-order valence-electron chi connectivity index (χ1n) is 9.31. The van der Waals surface area contributed by atoms with E-state index in [0.29, 0.717) is 38.6 Å². The molecule has 1 saturated heterocycles. The highest BCUT2D eigenvalue weighted by Gasteiger charge is 2.27. The summed E-state index contributed by atoms with van der Waals surface area (Å²) in [6, 6.07) is 4.03. The largest absolute Gasteiger partial charge is 0.444 e. The van der Waals surface area contributed by atoms with Crippen molar-refractivity contribution in [2.45, 2.75) is 52.7 Å². The van der Waals surface area contributed by atoms with E-state index in [0.717, 1.165) is 12.8 Å². The van der Waals surface area contributed by atoms with Crippen molar-refractivity contribution >= 4 is 23.5 Å². The van der Waals surface area contributed by atoms with Crippen LogP contribution in [-0.2, 0) is 11.3 Å². The summed E-state index contributed by atoms with van der Waals surface area (Å²) >= 11 is 1.67. The molecule has 1 N–H and O–H groups in total. The minimum absolute atomic E-state index is 0.0181. The number of urea groups is 1. The van der Waals surface area contributed by atoms with Crippen LogP contribution in [0, 0.1) is 5.92 Å². The van der Waals surface area contributed by atoms with Crippen LogP contribution in [0.3, 0.4) is 0 Å². The molecule has 0 bridgehead atoms. The van der Waals surface area contributed by atoms with Gasteiger partial charge in [-0.1, -0.05) is 6.07 Å². The number of thiophene rings is 1. The van der Waals surface area contributed by atoms with Crippen LogP contribution in [0.2, 0.25) is 0 Å². The normalized spacial score (nSPS) is 15.6. The van der Waals surface area contributed by atoms with Gasteiger partial charge >= 0.3 is 12.1 Å². The van der Waals surface area contributed by atoms with Crippen molar-refractivity contribution in [1.82, 2.24) is 15.1 Å². The van der Waals surface area contributed by atoms with Crippen LogP contribution >= 0.6 is 11.3 Å². The molecule has 1 aromatic rings. The van der Waals surface area contributed by atoms with Crippen molar-refractivity contribution in [2.75, 3.05) is 26.2 Å². The van der Waals surface area contributed by atoms with Crippen LogP contribution in [0.5, 0.6) is 0 Å². The molecule has 3 amide bonds. The summed E-state index contributed by atoms with van der Waals surface area (Å²) < 4.78 is 5.42. The lowest BCUT2D eigenvalue weighted by atomic mass is 9.97. The fraction of sp³-hybridized carbons (Fsp3) is 0.684. The maximum atomic E-state index is 12.4. The second-order valence-electron chi connectivity index (χ2n) is 7.69. The van der Waals surface area contributed by atoms with E-state index in [1.54, 1.807) is 16.2 Å². The van der Waals surface area contributed by atoms with Gasteiger partial charge in [-0.2, -0.15) is 0 Å². The Labute approximate surface area is 160 Å². The molecular formula is C19H31N3O3S. The standard InChI is InChI=1S/C19H31N3O3S/c1-5-21(14-16-7-6-12-26-16)17(23)20-13-15-8-10-22(11-9-15)18(24)25-19(2,3)4/h6-7,12,15H,5,8-11,13-14H2,1-4H3,(H,20,23). The number of hydrogen-bond acceptors (Lipinski definition) is 4. The number of likely N-dealkylation sites (tertiary alicyclic amines) is 1. The third-order valence-corrected chi connectivity index (χ3v) is 5.27. The van der Waals surface area contributed by atoms with E-state index in [9.17, 15) is 9.59 Å². The SMILES string of the molecule is CCN(Cc1cccs1)C(=O)NCC1CCN(C(=O)OC(C)(C)C)CC1. The number of ether oxygens (including phenoxy) is 1. The molecule has 0 aromatic carbocycles. The number of amides is 3. The van der Waals surface area contributed by atoms with Crippen molar-refractivity contribution in [2.24, 2.45) is 5.92 Å². The lowest BCUT2D eigenvalue weighted by molar-refractivity contribution is 0.0184. The third-order valence-electron chi connectivity index (χ3n) is 4.40. The van der Waals surface area contributed by atoms with Crippen LogP contribution in [0.15, 0.2) is 17.5 Å². The average Bonchev–Trinajstić information content (AvgIpc) is 3.09. The topological polar surface area (TPSA) is 61.9 Å². The second kappa shape index (κ2) is 9.26. The molecule has 1 aliphatic heterocycles. The Morgan fingerprint density at radius 1 is 1.35 bits per heavy atom. The van der Waals surface area contributed by atoms with Crippen LogP contribution < -0.4 is 5.32 Å². The van der Waals surface area contributed by atoms with Gasteiger partial charge in [0.25, 0.3) is 0 Å². The summed E-state index contributed by atoms with van der Waals surface area (Å²) in [5.74, 6) is 0.401. The van der Waals surface area contributed by atoms with Crippen LogP contribution in [0.25, 0.3) is 0 Å². The molecule has 1 fully saturated rings. The maximum Gasteiger partial charge on any atom is 0.410 e. The van der Waals surface area contributed by atoms with E-state index < -0.39 is 5.60 Å². The molecule has 146 valence electrons. The lowest BCUT2D eigenvalue weighted by Gasteiger charge is -2.33. The van der Waals surface area contributed by atoms with E-state index in [4.69, 9.17) is 4.74 Å². The monoisotopic (exact) mass is 381 g/mol. The zero-order valence-corrected chi connectivity index (χ0v) is 17.1. The first-order valence-corrected chi connectivity index (χ1v) is 10.2. The highest BCUT2D eigenvalue weighted by molar-refractivity contribution is 7.09. The van der Waals surface area contributed by atoms with E-state index in [1.807, 2.05) is 50.1 Å². The molecule has 0 aliphatic carbocycles. The van der Waals surface area contributed by atoms with Crippen LogP contribution in [0.4, 0.5) is 9.59 Å². The quantitative estimate of drug-likeness (QED) is 0.841. The van der Waals surface area contributed by atoms with Gasteiger partial charge in [0.2, 0.25) is 0 Å². The Balaban J connectivity index is 1.72. The summed E-state index contributed by atoms with van der Waals surface area (Å²) in [6.07, 6.45) is 1.53. The lowest BCUT2D eigenvalue weighted by Crippen LogP contribution is -2.45. The minimum Gasteiger partial charge on any atom is -0.444 e. The highest BCUT2D eigenvalue weighted by Crippen LogP contribution is 2.19. The van der Waals surface area contributed by atoms with Gasteiger partial charge in [-0.15, -0.1) is 11.3 Å². The number of hydrogen-bond donors (Lipinski definition) is 1. The second-order valence-corrected chi connectivity index (χ2v) is 8.72. The maximum absolute atomic E-state index is 12.4. The average molecular weight is 382 g/mol. The molecule has 1 aromatic heterocycles. The summed E-state index contributed by atoms with van der Waals surface area (Å²) in [5, 5.41) is 5.08.